The molecule has 4 aromatic carbocycles. The largest absolute Gasteiger partial charge is 0.482 e. The number of alkyl halides is 12. The number of aliphatic carboxylic acids is 1. The van der Waals surface area contributed by atoms with Crippen molar-refractivity contribution in [1.29, 1.82) is 0 Å². The average molecular weight is 1140 g/mol. The summed E-state index contributed by atoms with van der Waals surface area (Å²) in [5.41, 5.74) is -4.83. The van der Waals surface area contributed by atoms with E-state index >= 15 is 0 Å². The molecule has 0 saturated heterocycles. The molecule has 0 saturated carbocycles. The molecule has 22 heteroatoms. The molecule has 4 aromatic rings. The molecule has 0 fully saturated rings. The Bertz CT molecular complexity index is 2810. The third-order valence-corrected chi connectivity index (χ3v) is 13.5. The van der Waals surface area contributed by atoms with Gasteiger partial charge in [0.1, 0.15) is 25.1 Å². The molecule has 0 amide bonds. The Labute approximate surface area is 451 Å². The minimum atomic E-state index is -5.87. The molecular formula is C57H62F12O10. The molecule has 434 valence electrons. The Balaban J connectivity index is 0.000000415. The Morgan fingerprint density at radius 2 is 0.772 bits per heavy atom. The summed E-state index contributed by atoms with van der Waals surface area (Å²) in [7, 11) is 3.07. The van der Waals surface area contributed by atoms with Crippen LogP contribution >= 0.6 is 0 Å². The molecule has 79 heavy (non-hydrogen) atoms. The second-order valence-corrected chi connectivity index (χ2v) is 18.1. The Morgan fingerprint density at radius 3 is 1.03 bits per heavy atom. The van der Waals surface area contributed by atoms with E-state index in [-0.39, 0.29) is 17.7 Å². The molecule has 4 rings (SSSR count). The Kier molecular flexibility index (Phi) is 22.9. The minimum Gasteiger partial charge on any atom is -0.482 e. The van der Waals surface area contributed by atoms with E-state index in [2.05, 4.69) is 23.7 Å². The number of esters is 1. The number of aryl methyl sites for hydroxylation is 4. The van der Waals surface area contributed by atoms with Crippen molar-refractivity contribution in [2.45, 2.75) is 128 Å². The number of hydrogen-bond donors (Lipinski definition) is 1. The van der Waals surface area contributed by atoms with Crippen LogP contribution in [0.1, 0.15) is 109 Å². The van der Waals surface area contributed by atoms with Crippen LogP contribution in [0.3, 0.4) is 0 Å². The van der Waals surface area contributed by atoms with Crippen LogP contribution < -0.4 is 9.47 Å². The van der Waals surface area contributed by atoms with Gasteiger partial charge in [-0.05, 0) is 134 Å². The molecule has 0 unspecified atom stereocenters. The van der Waals surface area contributed by atoms with Gasteiger partial charge >= 0.3 is 47.8 Å². The third-order valence-electron chi connectivity index (χ3n) is 13.5. The number of benzene rings is 4. The third kappa shape index (κ3) is 15.1. The lowest BCUT2D eigenvalue weighted by Crippen LogP contribution is -2.58. The molecule has 0 atom stereocenters. The van der Waals surface area contributed by atoms with Gasteiger partial charge in [0.25, 0.3) is 0 Å². The van der Waals surface area contributed by atoms with E-state index in [9.17, 15) is 62.3 Å². The van der Waals surface area contributed by atoms with Gasteiger partial charge in [-0.3, -0.25) is 0 Å². The lowest BCUT2D eigenvalue weighted by atomic mass is 9.70. The van der Waals surface area contributed by atoms with Gasteiger partial charge < -0.3 is 38.3 Å². The highest BCUT2D eigenvalue weighted by Crippen LogP contribution is 2.48. The van der Waals surface area contributed by atoms with E-state index < -0.39 is 78.9 Å². The molecule has 0 aliphatic carbocycles. The zero-order chi connectivity index (χ0) is 60.0. The fraction of sp³-hybridized carbons (Fsp3) is 0.474. The summed E-state index contributed by atoms with van der Waals surface area (Å²) < 4.78 is 196. The maximum Gasteiger partial charge on any atom is 0.438 e. The maximum atomic E-state index is 13.6. The van der Waals surface area contributed by atoms with Gasteiger partial charge in [0.15, 0.2) is 13.2 Å². The molecule has 0 spiro atoms. The number of carbonyl (C=O) groups is 2. The van der Waals surface area contributed by atoms with Crippen molar-refractivity contribution in [2.24, 2.45) is 0 Å². The number of halogens is 12. The first kappa shape index (κ1) is 66.8. The highest BCUT2D eigenvalue weighted by atomic mass is 19.4. The number of rotatable bonds is 20. The number of carboxylic acid groups (broad SMARTS) is 1. The van der Waals surface area contributed by atoms with Crippen LogP contribution in [0.25, 0.3) is 0 Å². The fourth-order valence-electron chi connectivity index (χ4n) is 8.83. The summed E-state index contributed by atoms with van der Waals surface area (Å²) in [6.45, 7) is 11.4. The van der Waals surface area contributed by atoms with Crippen molar-refractivity contribution in [3.05, 3.63) is 128 Å². The molecular weight excluding hydrogens is 1070 g/mol. The minimum absolute atomic E-state index is 0.00788. The van der Waals surface area contributed by atoms with Crippen LogP contribution in [0.5, 0.6) is 11.5 Å². The van der Waals surface area contributed by atoms with E-state index in [1.165, 1.54) is 31.1 Å². The quantitative estimate of drug-likeness (QED) is 0.0396. The first-order valence-corrected chi connectivity index (χ1v) is 24.3. The molecule has 1 N–H and O–H groups in total. The van der Waals surface area contributed by atoms with Crippen molar-refractivity contribution in [2.75, 3.05) is 48.1 Å². The summed E-state index contributed by atoms with van der Waals surface area (Å²) in [6.07, 6.45) is -20.9. The van der Waals surface area contributed by atoms with Crippen molar-refractivity contribution in [3.63, 3.8) is 0 Å². The molecule has 0 heterocycles. The Morgan fingerprint density at radius 1 is 0.468 bits per heavy atom. The molecule has 0 bridgehead atoms. The van der Waals surface area contributed by atoms with Crippen LogP contribution in [0.2, 0.25) is 0 Å². The van der Waals surface area contributed by atoms with Crippen molar-refractivity contribution in [1.82, 2.24) is 0 Å². The van der Waals surface area contributed by atoms with Gasteiger partial charge in [-0.15, -0.1) is 0 Å². The van der Waals surface area contributed by atoms with Crippen LogP contribution in [-0.2, 0) is 44.1 Å². The molecule has 0 aliphatic heterocycles. The van der Waals surface area contributed by atoms with Crippen LogP contribution in [-0.4, -0.2) is 101 Å². The van der Waals surface area contributed by atoms with E-state index in [4.69, 9.17) is 14.6 Å². The molecule has 10 nitrogen and oxygen atoms in total. The van der Waals surface area contributed by atoms with Gasteiger partial charge in [0.05, 0.1) is 7.11 Å². The number of carboxylic acids is 1. The summed E-state index contributed by atoms with van der Waals surface area (Å²) >= 11 is 0. The second kappa shape index (κ2) is 27.1. The number of hydrogen-bond acceptors (Lipinski definition) is 9. The predicted molar refractivity (Wildman–Crippen MR) is 267 cm³/mol. The van der Waals surface area contributed by atoms with Gasteiger partial charge in [0.2, 0.25) is 0 Å². The number of methoxy groups -OCH3 is 3. The SMILES string of the molecule is CCC(CC)(c1ccc(C#CC(OCOC)(C(F)(F)F)C(F)(F)F)c(C)c1)c1ccc(OCC(=O)O)c(C)c1.CCC(CC)(c1ccc(C#CC(OCOC)(C(F)(F)F)C(F)(F)F)c(C)c1)c1ccc(OCC(=O)OC)c(C)c1. The van der Waals surface area contributed by atoms with E-state index in [1.807, 2.05) is 70.7 Å². The number of carbonyl (C=O) groups excluding carboxylic acids is 1. The second-order valence-electron chi connectivity index (χ2n) is 18.1. The molecule has 0 radical (unpaired) electrons. The summed E-state index contributed by atoms with van der Waals surface area (Å²) in [6, 6.07) is 20.4. The van der Waals surface area contributed by atoms with E-state index in [0.29, 0.717) is 53.9 Å². The smallest absolute Gasteiger partial charge is 0.438 e. The summed E-state index contributed by atoms with van der Waals surface area (Å²) in [5, 5.41) is 8.86. The normalized spacial score (nSPS) is 12.5. The lowest BCUT2D eigenvalue weighted by molar-refractivity contribution is -0.368. The van der Waals surface area contributed by atoms with Crippen LogP contribution in [0, 0.1) is 51.4 Å². The van der Waals surface area contributed by atoms with E-state index in [0.717, 1.165) is 42.0 Å². The summed E-state index contributed by atoms with van der Waals surface area (Å²) in [5.74, 6) is 5.98. The standard InChI is InChI=1S/C29H32F6O5.C28H30F6O5/c1-7-26(8-2,23-11-12-24(20(4)16-23)39-17-25(36)38-6)22-10-9-21(19(3)15-22)13-14-27(28(30,31)32,29(33,34)35)40-18-37-5;1-6-25(7-2,22-10-11-23(19(4)15-22)38-16-24(35)36)21-9-8-20(18(3)14-21)12-13-26(27(29,30)31,28(32,33)34)39-17-37-5/h9-12,15-16H,7-8,17-18H2,1-6H3;8-11,14-15H,6-7,16-17H2,1-5H3,(H,35,36). The highest BCUT2D eigenvalue weighted by molar-refractivity contribution is 5.71. The van der Waals surface area contributed by atoms with Crippen LogP contribution in [0.15, 0.2) is 72.8 Å². The monoisotopic (exact) mass is 1130 g/mol. The van der Waals surface area contributed by atoms with E-state index in [1.54, 1.807) is 57.2 Å². The fourth-order valence-corrected chi connectivity index (χ4v) is 8.83. The first-order chi connectivity index (χ1) is 36.7. The van der Waals surface area contributed by atoms with Gasteiger partial charge in [-0.2, -0.15) is 52.7 Å². The van der Waals surface area contributed by atoms with Crippen molar-refractivity contribution >= 4 is 11.9 Å². The lowest BCUT2D eigenvalue weighted by Gasteiger charge is -2.34. The van der Waals surface area contributed by atoms with Gasteiger partial charge in [-0.25, -0.2) is 9.59 Å². The maximum absolute atomic E-state index is 13.6. The molecule has 0 aliphatic rings. The zero-order valence-electron chi connectivity index (χ0n) is 45.2. The number of ether oxygens (including phenoxy) is 7. The van der Waals surface area contributed by atoms with Crippen LogP contribution in [0.4, 0.5) is 52.7 Å². The van der Waals surface area contributed by atoms with Crippen molar-refractivity contribution < 1.29 is 101 Å². The first-order valence-electron chi connectivity index (χ1n) is 24.3. The zero-order valence-corrected chi connectivity index (χ0v) is 45.2. The highest BCUT2D eigenvalue weighted by Gasteiger charge is 2.73. The predicted octanol–water partition coefficient (Wildman–Crippen LogP) is 13.5. The molecule has 0 aromatic heterocycles. The van der Waals surface area contributed by atoms with Gasteiger partial charge in [0, 0.05) is 36.2 Å². The van der Waals surface area contributed by atoms with Crippen molar-refractivity contribution in [3.8, 4) is 35.2 Å². The summed E-state index contributed by atoms with van der Waals surface area (Å²) in [4.78, 5) is 22.3. The average Bonchev–Trinajstić information content (AvgIpc) is 3.36. The van der Waals surface area contributed by atoms with Gasteiger partial charge in [-0.1, -0.05) is 88.1 Å². The Hall–Kier alpha value is -6.46. The topological polar surface area (TPSA) is 119 Å².